The van der Waals surface area contributed by atoms with Gasteiger partial charge in [0.25, 0.3) is 0 Å². The van der Waals surface area contributed by atoms with Crippen molar-refractivity contribution in [2.45, 2.75) is 24.8 Å². The molecule has 4 atom stereocenters. The molecule has 0 aliphatic carbocycles. The van der Waals surface area contributed by atoms with Crippen LogP contribution in [0.3, 0.4) is 0 Å². The third kappa shape index (κ3) is 5.21. The van der Waals surface area contributed by atoms with E-state index in [1.54, 1.807) is 0 Å². The van der Waals surface area contributed by atoms with E-state index in [-0.39, 0.29) is 37.6 Å². The zero-order chi connectivity index (χ0) is 19.1. The predicted molar refractivity (Wildman–Crippen MR) is 82.9 cm³/mol. The quantitative estimate of drug-likeness (QED) is 0.310. The van der Waals surface area contributed by atoms with Crippen molar-refractivity contribution in [3.8, 4) is 0 Å². The molecule has 0 amide bonds. The van der Waals surface area contributed by atoms with Crippen molar-refractivity contribution in [1.29, 1.82) is 0 Å². The lowest BCUT2D eigenvalue weighted by atomic mass is 10.1. The van der Waals surface area contributed by atoms with Gasteiger partial charge in [-0.15, -0.1) is 0 Å². The number of aliphatic hydroxyl groups excluding tert-OH is 4. The first kappa shape index (κ1) is 20.2. The van der Waals surface area contributed by atoms with Gasteiger partial charge in [-0.2, -0.15) is 0 Å². The number of benzene rings is 1. The molecular weight excluding hydrogens is 352 g/mol. The van der Waals surface area contributed by atoms with Crippen LogP contribution < -0.4 is 0 Å². The highest BCUT2D eigenvalue weighted by molar-refractivity contribution is 5.93. The van der Waals surface area contributed by atoms with Gasteiger partial charge in [-0.05, 0) is 24.3 Å². The molecule has 1 aliphatic heterocycles. The Labute approximate surface area is 148 Å². The molecule has 4 N–H and O–H groups in total. The van der Waals surface area contributed by atoms with Gasteiger partial charge in [0.05, 0.1) is 24.3 Å². The van der Waals surface area contributed by atoms with E-state index in [9.17, 15) is 24.9 Å². The Morgan fingerprint density at radius 2 is 1.42 bits per heavy atom. The molecule has 26 heavy (non-hydrogen) atoms. The average Bonchev–Trinajstić information content (AvgIpc) is 2.90. The van der Waals surface area contributed by atoms with Crippen LogP contribution in [0.2, 0.25) is 0 Å². The predicted octanol–water partition coefficient (Wildman–Crippen LogP) is -1.59. The van der Waals surface area contributed by atoms with Crippen LogP contribution >= 0.6 is 0 Å². The van der Waals surface area contributed by atoms with Gasteiger partial charge in [0.1, 0.15) is 25.4 Å². The largest absolute Gasteiger partial charge is 0.460 e. The molecule has 1 aromatic carbocycles. The first-order valence-electron chi connectivity index (χ1n) is 7.80. The molecule has 0 aromatic heterocycles. The number of esters is 2. The number of hydrogen-bond acceptors (Lipinski definition) is 10. The number of rotatable bonds is 8. The van der Waals surface area contributed by atoms with Crippen molar-refractivity contribution in [3.05, 3.63) is 35.4 Å². The summed E-state index contributed by atoms with van der Waals surface area (Å²) in [4.78, 5) is 23.4. The standard InChI is InChI=1S/C16H20O10/c17-5-6-23-13(20)9-1-3-10(4-2-9)14(21)24-7-8-25-16-12(19)11(18)15(22)26-16/h1-4,11-12,15-19,22H,5-8H2/t11-,12?,15?,16-/m0/s1. The second-order valence-electron chi connectivity index (χ2n) is 5.32. The van der Waals surface area contributed by atoms with E-state index >= 15 is 0 Å². The van der Waals surface area contributed by atoms with Gasteiger partial charge in [-0.1, -0.05) is 0 Å². The minimum atomic E-state index is -1.54. The third-order valence-electron chi connectivity index (χ3n) is 3.47. The Kier molecular flexibility index (Phi) is 7.45. The summed E-state index contributed by atoms with van der Waals surface area (Å²) in [5.41, 5.74) is 0.425. The van der Waals surface area contributed by atoms with Crippen molar-refractivity contribution >= 4 is 11.9 Å². The summed E-state index contributed by atoms with van der Waals surface area (Å²) in [5, 5.41) is 36.6. The molecule has 2 rings (SSSR count). The van der Waals surface area contributed by atoms with Gasteiger partial charge in [-0.25, -0.2) is 9.59 Å². The second-order valence-corrected chi connectivity index (χ2v) is 5.32. The second kappa shape index (κ2) is 9.57. The van der Waals surface area contributed by atoms with Crippen molar-refractivity contribution in [1.82, 2.24) is 0 Å². The normalized spacial score (nSPS) is 25.1. The van der Waals surface area contributed by atoms with Gasteiger partial charge in [0.15, 0.2) is 12.6 Å². The summed E-state index contributed by atoms with van der Waals surface area (Å²) in [6.45, 7) is -0.675. The number of hydrogen-bond donors (Lipinski definition) is 4. The van der Waals surface area contributed by atoms with Crippen LogP contribution in [0.15, 0.2) is 24.3 Å². The first-order chi connectivity index (χ1) is 12.4. The molecular formula is C16H20O10. The smallest absolute Gasteiger partial charge is 0.338 e. The molecule has 10 nitrogen and oxygen atoms in total. The van der Waals surface area contributed by atoms with E-state index in [0.717, 1.165) is 0 Å². The Bertz CT molecular complexity index is 602. The zero-order valence-corrected chi connectivity index (χ0v) is 13.7. The maximum absolute atomic E-state index is 11.9. The minimum Gasteiger partial charge on any atom is -0.460 e. The van der Waals surface area contributed by atoms with Crippen molar-refractivity contribution in [2.24, 2.45) is 0 Å². The van der Waals surface area contributed by atoms with Crippen LogP contribution in [-0.4, -0.2) is 83.6 Å². The highest BCUT2D eigenvalue weighted by atomic mass is 16.8. The summed E-state index contributed by atoms with van der Waals surface area (Å²) in [7, 11) is 0. The summed E-state index contributed by atoms with van der Waals surface area (Å²) >= 11 is 0. The maximum atomic E-state index is 11.9. The summed E-state index contributed by atoms with van der Waals surface area (Å²) in [6.07, 6.45) is -5.63. The van der Waals surface area contributed by atoms with E-state index in [1.807, 2.05) is 0 Å². The Morgan fingerprint density at radius 3 is 1.88 bits per heavy atom. The zero-order valence-electron chi connectivity index (χ0n) is 13.7. The topological polar surface area (TPSA) is 152 Å². The molecule has 2 unspecified atom stereocenters. The lowest BCUT2D eigenvalue weighted by Crippen LogP contribution is -2.34. The monoisotopic (exact) mass is 372 g/mol. The first-order valence-corrected chi connectivity index (χ1v) is 7.80. The number of ether oxygens (including phenoxy) is 4. The summed E-state index contributed by atoms with van der Waals surface area (Å²) < 4.78 is 19.6. The van der Waals surface area contributed by atoms with E-state index in [0.29, 0.717) is 0 Å². The van der Waals surface area contributed by atoms with Crippen LogP contribution in [0.5, 0.6) is 0 Å². The fourth-order valence-corrected chi connectivity index (χ4v) is 2.11. The molecule has 0 bridgehead atoms. The fraction of sp³-hybridized carbons (Fsp3) is 0.500. The molecule has 0 radical (unpaired) electrons. The van der Waals surface area contributed by atoms with E-state index in [2.05, 4.69) is 0 Å². The van der Waals surface area contributed by atoms with Crippen LogP contribution in [0.1, 0.15) is 20.7 Å². The van der Waals surface area contributed by atoms with Crippen LogP contribution in [-0.2, 0) is 18.9 Å². The molecule has 1 aliphatic rings. The molecule has 1 fully saturated rings. The fourth-order valence-electron chi connectivity index (χ4n) is 2.11. The van der Waals surface area contributed by atoms with Gasteiger partial charge in [0.2, 0.25) is 0 Å². The van der Waals surface area contributed by atoms with E-state index in [4.69, 9.17) is 24.1 Å². The number of aliphatic hydroxyl groups is 4. The highest BCUT2D eigenvalue weighted by Crippen LogP contribution is 2.20. The maximum Gasteiger partial charge on any atom is 0.338 e. The summed E-state index contributed by atoms with van der Waals surface area (Å²) in [5.74, 6) is -1.27. The lowest BCUT2D eigenvalue weighted by Gasteiger charge is -2.15. The minimum absolute atomic E-state index is 0.115. The molecule has 10 heteroatoms. The molecule has 1 aromatic rings. The van der Waals surface area contributed by atoms with E-state index < -0.39 is 36.7 Å². The Hall–Kier alpha value is -2.08. The van der Waals surface area contributed by atoms with Gasteiger partial charge < -0.3 is 39.4 Å². The van der Waals surface area contributed by atoms with Crippen molar-refractivity contribution in [3.63, 3.8) is 0 Å². The number of carbonyl (C=O) groups is 2. The molecule has 0 spiro atoms. The molecule has 1 heterocycles. The Balaban J connectivity index is 1.73. The van der Waals surface area contributed by atoms with Crippen molar-refractivity contribution in [2.75, 3.05) is 26.4 Å². The van der Waals surface area contributed by atoms with Crippen LogP contribution in [0.25, 0.3) is 0 Å². The Morgan fingerprint density at radius 1 is 0.885 bits per heavy atom. The molecule has 144 valence electrons. The number of carbonyl (C=O) groups excluding carboxylic acids is 2. The van der Waals surface area contributed by atoms with Crippen LogP contribution in [0, 0.1) is 0 Å². The average molecular weight is 372 g/mol. The van der Waals surface area contributed by atoms with Crippen LogP contribution in [0.4, 0.5) is 0 Å². The molecule has 0 saturated carbocycles. The summed E-state index contributed by atoms with van der Waals surface area (Å²) in [6, 6.07) is 5.54. The SMILES string of the molecule is O=C(OCCO)c1ccc(C(=O)OCCO[C@H]2OC(O)[C@@H](O)C2O)cc1. The van der Waals surface area contributed by atoms with Gasteiger partial charge in [-0.3, -0.25) is 0 Å². The molecule has 1 saturated heterocycles. The highest BCUT2D eigenvalue weighted by Gasteiger charge is 2.42. The van der Waals surface area contributed by atoms with Crippen molar-refractivity contribution < 1.29 is 49.0 Å². The van der Waals surface area contributed by atoms with Gasteiger partial charge in [0, 0.05) is 0 Å². The van der Waals surface area contributed by atoms with Gasteiger partial charge >= 0.3 is 11.9 Å². The third-order valence-corrected chi connectivity index (χ3v) is 3.47. The lowest BCUT2D eigenvalue weighted by molar-refractivity contribution is -0.207. The van der Waals surface area contributed by atoms with E-state index in [1.165, 1.54) is 24.3 Å².